The number of nitrogens with zero attached hydrogens (tertiary/aromatic N) is 1. The number of nitrogens with one attached hydrogen (secondary N) is 2. The minimum atomic E-state index is -3.70. The summed E-state index contributed by atoms with van der Waals surface area (Å²) < 4.78 is 51.0. The summed E-state index contributed by atoms with van der Waals surface area (Å²) in [5.41, 5.74) is 0.658. The fourth-order valence-electron chi connectivity index (χ4n) is 1.63. The van der Waals surface area contributed by atoms with E-state index in [-0.39, 0.29) is 30.2 Å². The van der Waals surface area contributed by atoms with E-state index in [1.165, 1.54) is 6.07 Å². The monoisotopic (exact) mass is 331 g/mol. The maximum absolute atomic E-state index is 11.9. The molecule has 0 amide bonds. The Hall–Kier alpha value is -1.47. The second-order valence-corrected chi connectivity index (χ2v) is 7.97. The standard InChI is InChI=1S/C12H17N3O4S2/c1-2-14-20(16,17)8-7-15-21(18,19)10-12-6-4-3-5-11(12)9-13/h3-6,14-15H,2,7-8,10H2,1H3. The van der Waals surface area contributed by atoms with Gasteiger partial charge in [0.25, 0.3) is 0 Å². The molecule has 7 nitrogen and oxygen atoms in total. The van der Waals surface area contributed by atoms with Gasteiger partial charge in [0.05, 0.1) is 23.1 Å². The molecule has 0 saturated carbocycles. The molecule has 0 aromatic heterocycles. The van der Waals surface area contributed by atoms with Gasteiger partial charge in [-0.1, -0.05) is 25.1 Å². The quantitative estimate of drug-likeness (QED) is 0.691. The number of nitriles is 1. The summed E-state index contributed by atoms with van der Waals surface area (Å²) in [6.07, 6.45) is 0. The van der Waals surface area contributed by atoms with Crippen LogP contribution in [0, 0.1) is 11.3 Å². The van der Waals surface area contributed by atoms with Crippen LogP contribution in [0.3, 0.4) is 0 Å². The SMILES string of the molecule is CCNS(=O)(=O)CCNS(=O)(=O)Cc1ccccc1C#N. The Morgan fingerprint density at radius 1 is 1.10 bits per heavy atom. The number of rotatable bonds is 8. The maximum atomic E-state index is 11.9. The van der Waals surface area contributed by atoms with Crippen molar-refractivity contribution in [2.75, 3.05) is 18.8 Å². The van der Waals surface area contributed by atoms with Crippen LogP contribution >= 0.6 is 0 Å². The van der Waals surface area contributed by atoms with Crippen LogP contribution in [0.5, 0.6) is 0 Å². The van der Waals surface area contributed by atoms with Crippen molar-refractivity contribution >= 4 is 20.0 Å². The van der Waals surface area contributed by atoms with E-state index in [1.807, 2.05) is 6.07 Å². The zero-order chi connectivity index (χ0) is 15.9. The maximum Gasteiger partial charge on any atom is 0.215 e. The van der Waals surface area contributed by atoms with E-state index < -0.39 is 20.0 Å². The van der Waals surface area contributed by atoms with Gasteiger partial charge in [0.2, 0.25) is 20.0 Å². The van der Waals surface area contributed by atoms with Gasteiger partial charge in [0.15, 0.2) is 0 Å². The van der Waals surface area contributed by atoms with E-state index in [0.29, 0.717) is 5.56 Å². The molecule has 0 aliphatic rings. The molecule has 0 aliphatic heterocycles. The second kappa shape index (κ2) is 7.51. The molecule has 1 aromatic carbocycles. The second-order valence-electron chi connectivity index (χ2n) is 4.24. The third-order valence-corrected chi connectivity index (χ3v) is 5.35. The Kier molecular flexibility index (Phi) is 6.29. The van der Waals surface area contributed by atoms with Gasteiger partial charge in [-0.15, -0.1) is 0 Å². The van der Waals surface area contributed by atoms with E-state index in [0.717, 1.165) is 0 Å². The van der Waals surface area contributed by atoms with E-state index in [4.69, 9.17) is 5.26 Å². The molecule has 0 aliphatic carbocycles. The van der Waals surface area contributed by atoms with Crippen LogP contribution in [0.1, 0.15) is 18.1 Å². The van der Waals surface area contributed by atoms with Crippen LogP contribution in [-0.4, -0.2) is 35.7 Å². The van der Waals surface area contributed by atoms with Crippen LogP contribution < -0.4 is 9.44 Å². The molecule has 0 spiro atoms. The lowest BCUT2D eigenvalue weighted by Gasteiger charge is -2.08. The Balaban J connectivity index is 2.65. The zero-order valence-corrected chi connectivity index (χ0v) is 13.2. The third kappa shape index (κ3) is 6.22. The van der Waals surface area contributed by atoms with Crippen molar-refractivity contribution in [3.8, 4) is 6.07 Å². The minimum Gasteiger partial charge on any atom is -0.215 e. The van der Waals surface area contributed by atoms with Crippen molar-refractivity contribution in [2.45, 2.75) is 12.7 Å². The summed E-state index contributed by atoms with van der Waals surface area (Å²) >= 11 is 0. The van der Waals surface area contributed by atoms with Crippen molar-refractivity contribution in [1.29, 1.82) is 5.26 Å². The van der Waals surface area contributed by atoms with Crippen molar-refractivity contribution in [1.82, 2.24) is 9.44 Å². The first-order valence-corrected chi connectivity index (χ1v) is 9.53. The molecule has 0 bridgehead atoms. The summed E-state index contributed by atoms with van der Waals surface area (Å²) in [7, 11) is -7.17. The molecule has 0 atom stereocenters. The molecule has 9 heteroatoms. The fraction of sp³-hybridized carbons (Fsp3) is 0.417. The highest BCUT2D eigenvalue weighted by Gasteiger charge is 2.15. The molecule has 116 valence electrons. The predicted octanol–water partition coefficient (Wildman–Crippen LogP) is -0.0830. The largest absolute Gasteiger partial charge is 0.215 e. The number of sulfonamides is 2. The lowest BCUT2D eigenvalue weighted by atomic mass is 10.1. The zero-order valence-electron chi connectivity index (χ0n) is 11.5. The average Bonchev–Trinajstić information content (AvgIpc) is 2.38. The topological polar surface area (TPSA) is 116 Å². The molecule has 1 rings (SSSR count). The summed E-state index contributed by atoms with van der Waals surface area (Å²) in [4.78, 5) is 0. The van der Waals surface area contributed by atoms with Gasteiger partial charge in [0, 0.05) is 13.1 Å². The normalized spacial score (nSPS) is 12.0. The van der Waals surface area contributed by atoms with Gasteiger partial charge < -0.3 is 0 Å². The van der Waals surface area contributed by atoms with Crippen molar-refractivity contribution < 1.29 is 16.8 Å². The van der Waals surface area contributed by atoms with Crippen LogP contribution in [0.4, 0.5) is 0 Å². The van der Waals surface area contributed by atoms with Gasteiger partial charge in [-0.25, -0.2) is 26.3 Å². The fourth-order valence-corrected chi connectivity index (χ4v) is 3.90. The lowest BCUT2D eigenvalue weighted by Crippen LogP contribution is -2.34. The number of hydrogen-bond donors (Lipinski definition) is 2. The third-order valence-electron chi connectivity index (χ3n) is 2.54. The van der Waals surface area contributed by atoms with Gasteiger partial charge in [-0.05, 0) is 11.6 Å². The van der Waals surface area contributed by atoms with Crippen LogP contribution in [0.15, 0.2) is 24.3 Å². The molecular weight excluding hydrogens is 314 g/mol. The Morgan fingerprint density at radius 3 is 2.38 bits per heavy atom. The highest BCUT2D eigenvalue weighted by Crippen LogP contribution is 2.10. The van der Waals surface area contributed by atoms with Gasteiger partial charge in [-0.2, -0.15) is 5.26 Å². The van der Waals surface area contributed by atoms with E-state index in [2.05, 4.69) is 9.44 Å². The van der Waals surface area contributed by atoms with Crippen molar-refractivity contribution in [2.24, 2.45) is 0 Å². The summed E-state index contributed by atoms with van der Waals surface area (Å²) in [6, 6.07) is 8.28. The number of hydrogen-bond acceptors (Lipinski definition) is 5. The average molecular weight is 331 g/mol. The highest BCUT2D eigenvalue weighted by molar-refractivity contribution is 7.90. The predicted molar refractivity (Wildman–Crippen MR) is 79.2 cm³/mol. The smallest absolute Gasteiger partial charge is 0.215 e. The molecule has 21 heavy (non-hydrogen) atoms. The first kappa shape index (κ1) is 17.6. The molecule has 0 radical (unpaired) electrons. The Morgan fingerprint density at radius 2 is 1.76 bits per heavy atom. The lowest BCUT2D eigenvalue weighted by molar-refractivity contribution is 0.576. The summed E-state index contributed by atoms with van der Waals surface area (Å²) in [6.45, 7) is 1.68. The molecule has 1 aromatic rings. The van der Waals surface area contributed by atoms with Crippen molar-refractivity contribution in [3.05, 3.63) is 35.4 Å². The molecule has 0 heterocycles. The molecule has 2 N–H and O–H groups in total. The summed E-state index contributed by atoms with van der Waals surface area (Å²) in [5, 5.41) is 8.90. The van der Waals surface area contributed by atoms with Gasteiger partial charge >= 0.3 is 0 Å². The highest BCUT2D eigenvalue weighted by atomic mass is 32.2. The van der Waals surface area contributed by atoms with Crippen LogP contribution in [0.25, 0.3) is 0 Å². The first-order chi connectivity index (χ1) is 9.79. The number of benzene rings is 1. The van der Waals surface area contributed by atoms with E-state index in [9.17, 15) is 16.8 Å². The molecule has 0 unspecified atom stereocenters. The van der Waals surface area contributed by atoms with E-state index >= 15 is 0 Å². The van der Waals surface area contributed by atoms with Gasteiger partial charge in [0.1, 0.15) is 0 Å². The van der Waals surface area contributed by atoms with Crippen molar-refractivity contribution in [3.63, 3.8) is 0 Å². The molecule has 0 fully saturated rings. The Labute approximate surface area is 125 Å². The van der Waals surface area contributed by atoms with Crippen LogP contribution in [-0.2, 0) is 25.8 Å². The van der Waals surface area contributed by atoms with E-state index in [1.54, 1.807) is 25.1 Å². The van der Waals surface area contributed by atoms with Crippen LogP contribution in [0.2, 0.25) is 0 Å². The minimum absolute atomic E-state index is 0.216. The van der Waals surface area contributed by atoms with Gasteiger partial charge in [-0.3, -0.25) is 0 Å². The molecular formula is C12H17N3O4S2. The molecule has 0 saturated heterocycles. The first-order valence-electron chi connectivity index (χ1n) is 6.22. The Bertz CT molecular complexity index is 721. The summed E-state index contributed by atoms with van der Waals surface area (Å²) in [5.74, 6) is -0.696.